The quantitative estimate of drug-likeness (QED) is 0.746. The van der Waals surface area contributed by atoms with Gasteiger partial charge in [-0.1, -0.05) is 0 Å². The molecule has 1 rings (SSSR count). The minimum Gasteiger partial charge on any atom is -0.447 e. The average molecular weight is 184 g/mol. The van der Waals surface area contributed by atoms with Crippen LogP contribution in [-0.4, -0.2) is 24.2 Å². The first kappa shape index (κ1) is 10.2. The molecular formula is C9H16N2O2. The molecule has 0 saturated carbocycles. The fourth-order valence-electron chi connectivity index (χ4n) is 1.07. The Bertz CT molecular complexity index is 232. The number of nitrogens with one attached hydrogen (secondary N) is 1. The number of ether oxygens (including phenoxy) is 1. The van der Waals surface area contributed by atoms with Gasteiger partial charge in [0, 0.05) is 12.6 Å². The van der Waals surface area contributed by atoms with Crippen LogP contribution in [0.25, 0.3) is 0 Å². The number of methoxy groups -OCH3 is 1. The summed E-state index contributed by atoms with van der Waals surface area (Å²) in [5.41, 5.74) is -0.0401. The number of nitrogens with zero attached hydrogens (tertiary/aromatic N) is 1. The molecule has 0 saturated heterocycles. The third-order valence-electron chi connectivity index (χ3n) is 1.73. The zero-order valence-electron chi connectivity index (χ0n) is 8.33. The van der Waals surface area contributed by atoms with Crippen molar-refractivity contribution in [2.75, 3.05) is 13.7 Å². The molecule has 0 unspecified atom stereocenters. The van der Waals surface area contributed by atoms with Crippen molar-refractivity contribution < 1.29 is 9.15 Å². The lowest BCUT2D eigenvalue weighted by Gasteiger charge is -2.24. The van der Waals surface area contributed by atoms with E-state index >= 15 is 0 Å². The van der Waals surface area contributed by atoms with Crippen LogP contribution in [0.3, 0.4) is 0 Å². The molecule has 0 radical (unpaired) electrons. The van der Waals surface area contributed by atoms with Crippen LogP contribution in [0.5, 0.6) is 0 Å². The minimum atomic E-state index is -0.0401. The van der Waals surface area contributed by atoms with E-state index in [0.29, 0.717) is 13.2 Å². The highest BCUT2D eigenvalue weighted by Gasteiger charge is 2.16. The van der Waals surface area contributed by atoms with E-state index in [-0.39, 0.29) is 5.54 Å². The summed E-state index contributed by atoms with van der Waals surface area (Å²) >= 11 is 0. The Morgan fingerprint density at radius 2 is 2.38 bits per heavy atom. The van der Waals surface area contributed by atoms with Gasteiger partial charge in [0.25, 0.3) is 0 Å². The third-order valence-corrected chi connectivity index (χ3v) is 1.73. The predicted molar refractivity (Wildman–Crippen MR) is 49.3 cm³/mol. The number of hydrogen-bond acceptors (Lipinski definition) is 4. The third kappa shape index (κ3) is 3.57. The van der Waals surface area contributed by atoms with E-state index in [0.717, 1.165) is 5.76 Å². The Hall–Kier alpha value is -0.870. The van der Waals surface area contributed by atoms with Gasteiger partial charge in [0.15, 0.2) is 6.39 Å². The summed E-state index contributed by atoms with van der Waals surface area (Å²) in [7, 11) is 1.69. The predicted octanol–water partition coefficient (Wildman–Crippen LogP) is 1.19. The van der Waals surface area contributed by atoms with E-state index in [4.69, 9.17) is 9.15 Å². The van der Waals surface area contributed by atoms with Crippen molar-refractivity contribution in [1.82, 2.24) is 10.3 Å². The van der Waals surface area contributed by atoms with Gasteiger partial charge in [-0.15, -0.1) is 0 Å². The topological polar surface area (TPSA) is 47.3 Å². The van der Waals surface area contributed by atoms with Crippen LogP contribution in [0.15, 0.2) is 17.0 Å². The van der Waals surface area contributed by atoms with E-state index in [1.165, 1.54) is 6.39 Å². The van der Waals surface area contributed by atoms with Gasteiger partial charge in [-0.25, -0.2) is 4.98 Å². The zero-order chi connectivity index (χ0) is 9.73. The van der Waals surface area contributed by atoms with Gasteiger partial charge in [0.1, 0.15) is 5.76 Å². The molecule has 0 aromatic carbocycles. The van der Waals surface area contributed by atoms with Crippen molar-refractivity contribution in [3.05, 3.63) is 18.4 Å². The Kier molecular flexibility index (Phi) is 3.45. The summed E-state index contributed by atoms with van der Waals surface area (Å²) in [4.78, 5) is 3.83. The Balaban J connectivity index is 2.33. The van der Waals surface area contributed by atoms with Gasteiger partial charge < -0.3 is 14.5 Å². The second-order valence-corrected chi connectivity index (χ2v) is 3.64. The van der Waals surface area contributed by atoms with E-state index in [1.807, 2.05) is 0 Å². The van der Waals surface area contributed by atoms with Crippen molar-refractivity contribution in [2.45, 2.75) is 25.9 Å². The average Bonchev–Trinajstić information content (AvgIpc) is 2.52. The fraction of sp³-hybridized carbons (Fsp3) is 0.667. The van der Waals surface area contributed by atoms with E-state index in [9.17, 15) is 0 Å². The normalized spacial score (nSPS) is 11.9. The molecular weight excluding hydrogens is 168 g/mol. The second-order valence-electron chi connectivity index (χ2n) is 3.64. The Labute approximate surface area is 78.3 Å². The Morgan fingerprint density at radius 1 is 1.62 bits per heavy atom. The highest BCUT2D eigenvalue weighted by molar-refractivity contribution is 4.90. The smallest absolute Gasteiger partial charge is 0.180 e. The van der Waals surface area contributed by atoms with E-state index in [2.05, 4.69) is 24.1 Å². The maximum atomic E-state index is 5.09. The van der Waals surface area contributed by atoms with Gasteiger partial charge in [0.05, 0.1) is 19.3 Å². The van der Waals surface area contributed by atoms with Gasteiger partial charge in [-0.3, -0.25) is 0 Å². The zero-order valence-corrected chi connectivity index (χ0v) is 8.33. The fourth-order valence-corrected chi connectivity index (χ4v) is 1.07. The lowest BCUT2D eigenvalue weighted by molar-refractivity contribution is 0.126. The van der Waals surface area contributed by atoms with Crippen LogP contribution in [0, 0.1) is 0 Å². The maximum absolute atomic E-state index is 5.09. The molecule has 0 bridgehead atoms. The van der Waals surface area contributed by atoms with Gasteiger partial charge >= 0.3 is 0 Å². The summed E-state index contributed by atoms with van der Waals surface area (Å²) in [5, 5.41) is 3.30. The van der Waals surface area contributed by atoms with Gasteiger partial charge in [0.2, 0.25) is 0 Å². The molecule has 1 heterocycles. The van der Waals surface area contributed by atoms with E-state index in [1.54, 1.807) is 13.3 Å². The van der Waals surface area contributed by atoms with Crippen LogP contribution in [0.2, 0.25) is 0 Å². The van der Waals surface area contributed by atoms with Crippen molar-refractivity contribution in [1.29, 1.82) is 0 Å². The molecule has 0 spiro atoms. The Morgan fingerprint density at radius 3 is 2.92 bits per heavy atom. The van der Waals surface area contributed by atoms with Crippen molar-refractivity contribution in [3.8, 4) is 0 Å². The van der Waals surface area contributed by atoms with Crippen LogP contribution < -0.4 is 5.32 Å². The van der Waals surface area contributed by atoms with Crippen LogP contribution in [-0.2, 0) is 11.3 Å². The molecule has 1 N–H and O–H groups in total. The molecule has 1 aromatic heterocycles. The first-order valence-corrected chi connectivity index (χ1v) is 4.25. The maximum Gasteiger partial charge on any atom is 0.180 e. The highest BCUT2D eigenvalue weighted by atomic mass is 16.5. The molecule has 0 fully saturated rings. The monoisotopic (exact) mass is 184 g/mol. The first-order valence-electron chi connectivity index (χ1n) is 4.25. The molecule has 13 heavy (non-hydrogen) atoms. The largest absolute Gasteiger partial charge is 0.447 e. The van der Waals surface area contributed by atoms with Crippen molar-refractivity contribution in [3.63, 3.8) is 0 Å². The van der Waals surface area contributed by atoms with Gasteiger partial charge in [-0.2, -0.15) is 0 Å². The number of aromatic nitrogens is 1. The van der Waals surface area contributed by atoms with Crippen LogP contribution in [0.4, 0.5) is 0 Å². The number of oxazole rings is 1. The van der Waals surface area contributed by atoms with Crippen molar-refractivity contribution >= 4 is 0 Å². The van der Waals surface area contributed by atoms with Crippen LogP contribution >= 0.6 is 0 Å². The molecule has 4 heteroatoms. The summed E-state index contributed by atoms with van der Waals surface area (Å²) in [5.74, 6) is 0.837. The first-order chi connectivity index (χ1) is 6.14. The molecule has 0 amide bonds. The molecule has 1 aromatic rings. The lowest BCUT2D eigenvalue weighted by Crippen LogP contribution is -2.42. The summed E-state index contributed by atoms with van der Waals surface area (Å²) in [6.07, 6.45) is 3.14. The molecule has 4 nitrogen and oxygen atoms in total. The molecule has 74 valence electrons. The lowest BCUT2D eigenvalue weighted by atomic mass is 10.1. The summed E-state index contributed by atoms with van der Waals surface area (Å²) < 4.78 is 10.2. The number of rotatable bonds is 5. The second kappa shape index (κ2) is 4.39. The SMILES string of the molecule is COCC(C)(C)NCc1cnco1. The molecule has 0 aliphatic rings. The van der Waals surface area contributed by atoms with Gasteiger partial charge in [-0.05, 0) is 13.8 Å². The summed E-state index contributed by atoms with van der Waals surface area (Å²) in [6.45, 7) is 5.50. The molecule has 0 atom stereocenters. The molecule has 0 aliphatic heterocycles. The van der Waals surface area contributed by atoms with E-state index < -0.39 is 0 Å². The minimum absolute atomic E-state index is 0.0401. The number of hydrogen-bond donors (Lipinski definition) is 1. The van der Waals surface area contributed by atoms with Crippen molar-refractivity contribution in [2.24, 2.45) is 0 Å². The summed E-state index contributed by atoms with van der Waals surface area (Å²) in [6, 6.07) is 0. The highest BCUT2D eigenvalue weighted by Crippen LogP contribution is 2.04. The van der Waals surface area contributed by atoms with Crippen LogP contribution in [0.1, 0.15) is 19.6 Å². The molecule has 0 aliphatic carbocycles. The standard InChI is InChI=1S/C9H16N2O2/c1-9(2,6-12-3)11-5-8-4-10-7-13-8/h4,7,11H,5-6H2,1-3H3.